The molecule has 3 nitrogen and oxygen atoms in total. The van der Waals surface area contributed by atoms with E-state index in [4.69, 9.17) is 5.73 Å². The molecule has 106 valence electrons. The first-order chi connectivity index (χ1) is 8.62. The highest BCUT2D eigenvalue weighted by molar-refractivity contribution is 5.00. The first kappa shape index (κ1) is 14.3. The highest BCUT2D eigenvalue weighted by atomic mass is 15.3. The first-order valence-corrected chi connectivity index (χ1v) is 7.80. The Kier molecular flexibility index (Phi) is 4.68. The van der Waals surface area contributed by atoms with Crippen molar-refractivity contribution in [2.24, 2.45) is 17.6 Å². The number of hydrogen-bond donors (Lipinski definition) is 1. The lowest BCUT2D eigenvalue weighted by molar-refractivity contribution is -0.0279. The molecule has 2 rings (SSSR count). The van der Waals surface area contributed by atoms with Crippen molar-refractivity contribution in [3.8, 4) is 0 Å². The van der Waals surface area contributed by atoms with Crippen LogP contribution in [-0.2, 0) is 0 Å². The van der Waals surface area contributed by atoms with Crippen LogP contribution in [0.4, 0.5) is 0 Å². The zero-order chi connectivity index (χ0) is 13.2. The van der Waals surface area contributed by atoms with Gasteiger partial charge in [-0.15, -0.1) is 0 Å². The Morgan fingerprint density at radius 1 is 1.17 bits per heavy atom. The predicted molar refractivity (Wildman–Crippen MR) is 77.7 cm³/mol. The fourth-order valence-corrected chi connectivity index (χ4v) is 4.10. The standard InChI is InChI=1S/C15H31N3/c1-4-17-7-9-18(10-8-17)15(12-16)6-5-13(2)11-14(15)3/h13-14H,4-12,16H2,1-3H3. The summed E-state index contributed by atoms with van der Waals surface area (Å²) in [6.07, 6.45) is 4.01. The minimum Gasteiger partial charge on any atom is -0.329 e. The van der Waals surface area contributed by atoms with Crippen LogP contribution in [0.5, 0.6) is 0 Å². The predicted octanol–water partition coefficient (Wildman–Crippen LogP) is 1.78. The second-order valence-electron chi connectivity index (χ2n) is 6.51. The molecule has 1 saturated heterocycles. The van der Waals surface area contributed by atoms with Crippen LogP contribution in [0.25, 0.3) is 0 Å². The number of nitrogens with zero attached hydrogens (tertiary/aromatic N) is 2. The first-order valence-electron chi connectivity index (χ1n) is 7.80. The number of likely N-dealkylation sites (N-methyl/N-ethyl adjacent to an activating group) is 1. The number of piperazine rings is 1. The lowest BCUT2D eigenvalue weighted by Gasteiger charge is -2.53. The second kappa shape index (κ2) is 5.89. The van der Waals surface area contributed by atoms with E-state index in [0.717, 1.165) is 18.4 Å². The summed E-state index contributed by atoms with van der Waals surface area (Å²) < 4.78 is 0. The topological polar surface area (TPSA) is 32.5 Å². The molecule has 0 aromatic carbocycles. The summed E-state index contributed by atoms with van der Waals surface area (Å²) in [4.78, 5) is 5.27. The third-order valence-corrected chi connectivity index (χ3v) is 5.55. The van der Waals surface area contributed by atoms with E-state index >= 15 is 0 Å². The zero-order valence-electron chi connectivity index (χ0n) is 12.5. The maximum Gasteiger partial charge on any atom is 0.0358 e. The monoisotopic (exact) mass is 253 g/mol. The van der Waals surface area contributed by atoms with Crippen LogP contribution in [0.2, 0.25) is 0 Å². The summed E-state index contributed by atoms with van der Waals surface area (Å²) in [5.74, 6) is 1.64. The van der Waals surface area contributed by atoms with E-state index in [-0.39, 0.29) is 0 Å². The molecular weight excluding hydrogens is 222 g/mol. The molecule has 1 aliphatic carbocycles. The van der Waals surface area contributed by atoms with Gasteiger partial charge in [0, 0.05) is 38.3 Å². The van der Waals surface area contributed by atoms with Crippen LogP contribution in [-0.4, -0.2) is 54.6 Å². The quantitative estimate of drug-likeness (QED) is 0.832. The van der Waals surface area contributed by atoms with Crippen molar-refractivity contribution in [1.82, 2.24) is 9.80 Å². The summed E-state index contributed by atoms with van der Waals surface area (Å²) in [6, 6.07) is 0. The van der Waals surface area contributed by atoms with Crippen LogP contribution in [0.15, 0.2) is 0 Å². The van der Waals surface area contributed by atoms with Crippen molar-refractivity contribution < 1.29 is 0 Å². The van der Waals surface area contributed by atoms with Gasteiger partial charge in [-0.2, -0.15) is 0 Å². The van der Waals surface area contributed by atoms with E-state index in [9.17, 15) is 0 Å². The van der Waals surface area contributed by atoms with Gasteiger partial charge < -0.3 is 10.6 Å². The van der Waals surface area contributed by atoms with Gasteiger partial charge in [0.05, 0.1) is 0 Å². The van der Waals surface area contributed by atoms with E-state index in [2.05, 4.69) is 30.6 Å². The lowest BCUT2D eigenvalue weighted by atomic mass is 9.68. The molecule has 0 radical (unpaired) electrons. The highest BCUT2D eigenvalue weighted by Crippen LogP contribution is 2.40. The average Bonchev–Trinajstić information content (AvgIpc) is 2.40. The van der Waals surface area contributed by atoms with Gasteiger partial charge in [-0.05, 0) is 37.6 Å². The van der Waals surface area contributed by atoms with Gasteiger partial charge in [-0.3, -0.25) is 4.90 Å². The summed E-state index contributed by atoms with van der Waals surface area (Å²) in [5.41, 5.74) is 6.51. The molecule has 2 N–H and O–H groups in total. The Labute approximate surface area is 113 Å². The molecule has 18 heavy (non-hydrogen) atoms. The van der Waals surface area contributed by atoms with E-state index in [1.54, 1.807) is 0 Å². The summed E-state index contributed by atoms with van der Waals surface area (Å²) in [6.45, 7) is 14.0. The Morgan fingerprint density at radius 2 is 1.83 bits per heavy atom. The third kappa shape index (κ3) is 2.59. The number of hydrogen-bond acceptors (Lipinski definition) is 3. The molecular formula is C15H31N3. The molecule has 3 heteroatoms. The van der Waals surface area contributed by atoms with Crippen molar-refractivity contribution in [2.45, 2.75) is 45.6 Å². The second-order valence-corrected chi connectivity index (χ2v) is 6.51. The van der Waals surface area contributed by atoms with Crippen LogP contribution in [0, 0.1) is 11.8 Å². The Morgan fingerprint density at radius 3 is 2.33 bits per heavy atom. The molecule has 0 aromatic rings. The summed E-state index contributed by atoms with van der Waals surface area (Å²) in [5, 5.41) is 0. The number of nitrogens with two attached hydrogens (primary N) is 1. The molecule has 3 unspecified atom stereocenters. The van der Waals surface area contributed by atoms with Crippen molar-refractivity contribution >= 4 is 0 Å². The van der Waals surface area contributed by atoms with E-state index in [1.165, 1.54) is 52.0 Å². The van der Waals surface area contributed by atoms with E-state index < -0.39 is 0 Å². The fourth-order valence-electron chi connectivity index (χ4n) is 4.10. The zero-order valence-corrected chi connectivity index (χ0v) is 12.5. The van der Waals surface area contributed by atoms with Gasteiger partial charge in [0.2, 0.25) is 0 Å². The minimum absolute atomic E-state index is 0.298. The largest absolute Gasteiger partial charge is 0.329 e. The van der Waals surface area contributed by atoms with Crippen molar-refractivity contribution in [1.29, 1.82) is 0 Å². The smallest absolute Gasteiger partial charge is 0.0358 e. The van der Waals surface area contributed by atoms with Crippen LogP contribution in [0.3, 0.4) is 0 Å². The molecule has 1 heterocycles. The van der Waals surface area contributed by atoms with Crippen molar-refractivity contribution in [2.75, 3.05) is 39.3 Å². The SMILES string of the molecule is CCN1CCN(C2(CN)CCC(C)CC2C)CC1. The molecule has 2 fully saturated rings. The van der Waals surface area contributed by atoms with Crippen LogP contribution in [0.1, 0.15) is 40.0 Å². The maximum absolute atomic E-state index is 6.22. The lowest BCUT2D eigenvalue weighted by Crippen LogP contribution is -2.64. The average molecular weight is 253 g/mol. The molecule has 2 aliphatic rings. The van der Waals surface area contributed by atoms with Crippen LogP contribution >= 0.6 is 0 Å². The summed E-state index contributed by atoms with van der Waals surface area (Å²) in [7, 11) is 0. The van der Waals surface area contributed by atoms with Crippen molar-refractivity contribution in [3.63, 3.8) is 0 Å². The molecule has 1 saturated carbocycles. The Hall–Kier alpha value is -0.120. The Bertz CT molecular complexity index is 260. The van der Waals surface area contributed by atoms with Gasteiger partial charge in [0.15, 0.2) is 0 Å². The normalized spacial score (nSPS) is 40.0. The molecule has 0 bridgehead atoms. The van der Waals surface area contributed by atoms with Gasteiger partial charge >= 0.3 is 0 Å². The molecule has 0 amide bonds. The van der Waals surface area contributed by atoms with Gasteiger partial charge in [0.1, 0.15) is 0 Å². The fraction of sp³-hybridized carbons (Fsp3) is 1.00. The minimum atomic E-state index is 0.298. The van der Waals surface area contributed by atoms with Gasteiger partial charge in [-0.1, -0.05) is 20.8 Å². The van der Waals surface area contributed by atoms with E-state index in [0.29, 0.717) is 5.54 Å². The maximum atomic E-state index is 6.22. The van der Waals surface area contributed by atoms with Gasteiger partial charge in [-0.25, -0.2) is 0 Å². The molecule has 1 aliphatic heterocycles. The van der Waals surface area contributed by atoms with Crippen molar-refractivity contribution in [3.05, 3.63) is 0 Å². The van der Waals surface area contributed by atoms with E-state index in [1.807, 2.05) is 0 Å². The Balaban J connectivity index is 2.04. The molecule has 3 atom stereocenters. The summed E-state index contributed by atoms with van der Waals surface area (Å²) >= 11 is 0. The van der Waals surface area contributed by atoms with Crippen LogP contribution < -0.4 is 5.73 Å². The third-order valence-electron chi connectivity index (χ3n) is 5.55. The molecule has 0 spiro atoms. The van der Waals surface area contributed by atoms with Gasteiger partial charge in [0.25, 0.3) is 0 Å². The number of rotatable bonds is 3. The molecule has 0 aromatic heterocycles. The highest BCUT2D eigenvalue weighted by Gasteiger charge is 2.44.